The number of imidazole rings is 1. The zero-order valence-corrected chi connectivity index (χ0v) is 20.4. The van der Waals surface area contributed by atoms with Crippen molar-refractivity contribution >= 4 is 17.9 Å². The fourth-order valence-corrected chi connectivity index (χ4v) is 4.99. The molecular formula is C28H28FN5O2. The summed E-state index contributed by atoms with van der Waals surface area (Å²) in [4.78, 5) is 26.6. The molecule has 1 aliphatic carbocycles. The third kappa shape index (κ3) is 4.27. The van der Waals surface area contributed by atoms with Crippen LogP contribution in [0.4, 0.5) is 4.39 Å². The van der Waals surface area contributed by atoms with E-state index in [0.29, 0.717) is 23.9 Å². The molecule has 3 aliphatic rings. The van der Waals surface area contributed by atoms with Crippen molar-refractivity contribution in [1.29, 1.82) is 0 Å². The molecule has 3 heterocycles. The molecule has 2 aromatic carbocycles. The summed E-state index contributed by atoms with van der Waals surface area (Å²) < 4.78 is 21.1. The van der Waals surface area contributed by atoms with Crippen LogP contribution in [0.1, 0.15) is 35.6 Å². The van der Waals surface area contributed by atoms with Gasteiger partial charge in [-0.2, -0.15) is 0 Å². The van der Waals surface area contributed by atoms with Crippen molar-refractivity contribution < 1.29 is 13.9 Å². The Morgan fingerprint density at radius 3 is 2.64 bits per heavy atom. The predicted molar refractivity (Wildman–Crippen MR) is 135 cm³/mol. The first-order valence-corrected chi connectivity index (χ1v) is 12.3. The Morgan fingerprint density at radius 2 is 1.94 bits per heavy atom. The molecule has 0 N–H and O–H groups in total. The highest BCUT2D eigenvalue weighted by Gasteiger charge is 2.41. The summed E-state index contributed by atoms with van der Waals surface area (Å²) in [7, 11) is 1.63. The average molecular weight is 486 g/mol. The molecule has 7 nitrogen and oxygen atoms in total. The highest BCUT2D eigenvalue weighted by molar-refractivity contribution is 6.14. The minimum atomic E-state index is -0.251. The zero-order valence-electron chi connectivity index (χ0n) is 20.4. The highest BCUT2D eigenvalue weighted by Crippen LogP contribution is 2.35. The molecule has 3 aromatic rings. The number of benzene rings is 2. The number of aryl methyl sites for hydroxylation is 1. The third-order valence-corrected chi connectivity index (χ3v) is 7.07. The molecule has 1 unspecified atom stereocenters. The van der Waals surface area contributed by atoms with Gasteiger partial charge in [0.15, 0.2) is 0 Å². The van der Waals surface area contributed by atoms with E-state index in [1.807, 2.05) is 54.1 Å². The van der Waals surface area contributed by atoms with Crippen LogP contribution in [0.5, 0.6) is 5.75 Å². The Labute approximate surface area is 209 Å². The van der Waals surface area contributed by atoms with Crippen molar-refractivity contribution in [3.05, 3.63) is 83.3 Å². The number of hydrogen-bond donors (Lipinski definition) is 0. The Bertz CT molecular complexity index is 1370. The van der Waals surface area contributed by atoms with E-state index in [1.54, 1.807) is 18.3 Å². The molecule has 0 radical (unpaired) electrons. The normalized spacial score (nSPS) is 20.6. The SMILES string of the molecule is COc1cc(/C=C2\N=C3N(CC4CC4)CC(c4ccc(F)cc4)CN3C2=O)ccc1-n1cnc(C)c1. The molecule has 1 amide bonds. The predicted octanol–water partition coefficient (Wildman–Crippen LogP) is 4.38. The molecule has 6 rings (SSSR count). The lowest BCUT2D eigenvalue weighted by Crippen LogP contribution is -2.53. The van der Waals surface area contributed by atoms with Crippen LogP contribution >= 0.6 is 0 Å². The molecule has 184 valence electrons. The van der Waals surface area contributed by atoms with Crippen molar-refractivity contribution in [2.75, 3.05) is 26.7 Å². The number of hydrogen-bond acceptors (Lipinski definition) is 5. The molecule has 0 bridgehead atoms. The van der Waals surface area contributed by atoms with Gasteiger partial charge in [0.05, 0.1) is 24.8 Å². The zero-order chi connectivity index (χ0) is 24.8. The number of rotatable bonds is 6. The first kappa shape index (κ1) is 22.5. The topological polar surface area (TPSA) is 63.0 Å². The largest absolute Gasteiger partial charge is 0.495 e. The van der Waals surface area contributed by atoms with E-state index >= 15 is 0 Å². The summed E-state index contributed by atoms with van der Waals surface area (Å²) in [5.74, 6) is 1.81. The Kier molecular flexibility index (Phi) is 5.59. The minimum absolute atomic E-state index is 0.101. The summed E-state index contributed by atoms with van der Waals surface area (Å²) in [5.41, 5.74) is 4.08. The number of guanidine groups is 1. The van der Waals surface area contributed by atoms with E-state index in [1.165, 1.54) is 25.0 Å². The summed E-state index contributed by atoms with van der Waals surface area (Å²) >= 11 is 0. The van der Waals surface area contributed by atoms with Gasteiger partial charge in [-0.05, 0) is 67.2 Å². The van der Waals surface area contributed by atoms with Gasteiger partial charge in [-0.3, -0.25) is 9.69 Å². The molecule has 8 heteroatoms. The van der Waals surface area contributed by atoms with Gasteiger partial charge in [-0.25, -0.2) is 14.4 Å². The number of amides is 1. The van der Waals surface area contributed by atoms with Crippen molar-refractivity contribution in [2.45, 2.75) is 25.7 Å². The lowest BCUT2D eigenvalue weighted by molar-refractivity contribution is -0.123. The molecule has 1 aromatic heterocycles. The van der Waals surface area contributed by atoms with Gasteiger partial charge in [0.2, 0.25) is 5.96 Å². The van der Waals surface area contributed by atoms with Crippen LogP contribution in [0, 0.1) is 18.7 Å². The van der Waals surface area contributed by atoms with E-state index in [0.717, 1.165) is 41.6 Å². The Hall–Kier alpha value is -3.94. The fraction of sp³-hybridized carbons (Fsp3) is 0.321. The lowest BCUT2D eigenvalue weighted by atomic mass is 9.96. The lowest BCUT2D eigenvalue weighted by Gasteiger charge is -2.39. The van der Waals surface area contributed by atoms with E-state index in [4.69, 9.17) is 9.73 Å². The monoisotopic (exact) mass is 485 g/mol. The average Bonchev–Trinajstić information content (AvgIpc) is 3.51. The van der Waals surface area contributed by atoms with E-state index in [-0.39, 0.29) is 17.6 Å². The molecular weight excluding hydrogens is 457 g/mol. The minimum Gasteiger partial charge on any atom is -0.495 e. The van der Waals surface area contributed by atoms with Gasteiger partial charge in [0.1, 0.15) is 17.3 Å². The Morgan fingerprint density at radius 1 is 1.14 bits per heavy atom. The summed E-state index contributed by atoms with van der Waals surface area (Å²) in [5, 5.41) is 0. The summed E-state index contributed by atoms with van der Waals surface area (Å²) in [6.07, 6.45) is 7.93. The van der Waals surface area contributed by atoms with Gasteiger partial charge >= 0.3 is 0 Å². The second-order valence-corrected chi connectivity index (χ2v) is 9.81. The highest BCUT2D eigenvalue weighted by atomic mass is 19.1. The van der Waals surface area contributed by atoms with E-state index in [9.17, 15) is 9.18 Å². The van der Waals surface area contributed by atoms with Crippen LogP contribution in [0.2, 0.25) is 0 Å². The second kappa shape index (κ2) is 8.93. The number of carbonyl (C=O) groups excluding carboxylic acids is 1. The molecule has 0 spiro atoms. The standard InChI is InChI=1S/C28H28FN5O2/c1-18-13-33(17-30-18)25-10-5-20(12-26(25)36-2)11-24-27(35)34-16-22(21-6-8-23(29)9-7-21)15-32(28(34)31-24)14-19-3-4-19/h5-13,17,19,22H,3-4,14-16H2,1-2H3/b24-11-. The van der Waals surface area contributed by atoms with Gasteiger partial charge < -0.3 is 14.2 Å². The first-order chi connectivity index (χ1) is 17.5. The van der Waals surface area contributed by atoms with Crippen molar-refractivity contribution in [3.63, 3.8) is 0 Å². The van der Waals surface area contributed by atoms with Crippen LogP contribution in [-0.4, -0.2) is 58.0 Å². The number of fused-ring (bicyclic) bond motifs is 1. The van der Waals surface area contributed by atoms with Crippen LogP contribution < -0.4 is 4.74 Å². The molecule has 2 aliphatic heterocycles. The molecule has 1 saturated heterocycles. The smallest absolute Gasteiger partial charge is 0.279 e. The first-order valence-electron chi connectivity index (χ1n) is 12.3. The maximum Gasteiger partial charge on any atom is 0.279 e. The number of aliphatic imine (C=N–C) groups is 1. The van der Waals surface area contributed by atoms with Crippen molar-refractivity contribution in [3.8, 4) is 11.4 Å². The van der Waals surface area contributed by atoms with E-state index in [2.05, 4.69) is 9.88 Å². The fourth-order valence-electron chi connectivity index (χ4n) is 4.99. The van der Waals surface area contributed by atoms with Gasteiger partial charge in [0, 0.05) is 31.7 Å². The van der Waals surface area contributed by atoms with Gasteiger partial charge in [0.25, 0.3) is 5.91 Å². The molecule has 1 atom stereocenters. The maximum atomic E-state index is 13.5. The number of carbonyl (C=O) groups is 1. The van der Waals surface area contributed by atoms with E-state index < -0.39 is 0 Å². The number of aromatic nitrogens is 2. The van der Waals surface area contributed by atoms with Crippen LogP contribution in [0.3, 0.4) is 0 Å². The van der Waals surface area contributed by atoms with Gasteiger partial charge in [-0.15, -0.1) is 0 Å². The van der Waals surface area contributed by atoms with Gasteiger partial charge in [-0.1, -0.05) is 18.2 Å². The Balaban J connectivity index is 1.30. The molecule has 2 fully saturated rings. The van der Waals surface area contributed by atoms with Crippen LogP contribution in [-0.2, 0) is 4.79 Å². The number of methoxy groups -OCH3 is 1. The summed E-state index contributed by atoms with van der Waals surface area (Å²) in [6, 6.07) is 12.4. The number of halogens is 1. The quantitative estimate of drug-likeness (QED) is 0.487. The number of ether oxygens (including phenoxy) is 1. The van der Waals surface area contributed by atoms with Crippen LogP contribution in [0.15, 0.2) is 65.7 Å². The second-order valence-electron chi connectivity index (χ2n) is 9.81. The maximum absolute atomic E-state index is 13.5. The molecule has 36 heavy (non-hydrogen) atoms. The van der Waals surface area contributed by atoms with Crippen molar-refractivity contribution in [1.82, 2.24) is 19.4 Å². The molecule has 1 saturated carbocycles. The van der Waals surface area contributed by atoms with Crippen molar-refractivity contribution in [2.24, 2.45) is 10.9 Å². The summed E-state index contributed by atoms with van der Waals surface area (Å²) in [6.45, 7) is 4.13. The van der Waals surface area contributed by atoms with Crippen LogP contribution in [0.25, 0.3) is 11.8 Å². The third-order valence-electron chi connectivity index (χ3n) is 7.07. The number of nitrogens with zero attached hydrogens (tertiary/aromatic N) is 5.